The van der Waals surface area contributed by atoms with Crippen LogP contribution >= 0.6 is 0 Å². The van der Waals surface area contributed by atoms with Crippen LogP contribution in [-0.2, 0) is 11.2 Å². The second-order valence-electron chi connectivity index (χ2n) is 8.97. The SMILES string of the molecule is CC[C@@H](C)NC(=O)CCN(CCc1ccccc1)c1nc(-c2ccc(OC)cc2)nc2ccccc12. The molecule has 0 aliphatic rings. The summed E-state index contributed by atoms with van der Waals surface area (Å²) in [6.45, 7) is 5.41. The molecule has 1 aromatic heterocycles. The molecule has 0 radical (unpaired) electrons. The number of ether oxygens (including phenoxy) is 1. The lowest BCUT2D eigenvalue weighted by atomic mass is 10.1. The Morgan fingerprint density at radius 2 is 1.67 bits per heavy atom. The summed E-state index contributed by atoms with van der Waals surface area (Å²) in [5.41, 5.74) is 3.04. The Morgan fingerprint density at radius 1 is 0.944 bits per heavy atom. The normalized spacial score (nSPS) is 11.8. The average Bonchev–Trinajstić information content (AvgIpc) is 2.93. The Hall–Kier alpha value is -3.93. The number of amides is 1. The number of methoxy groups -OCH3 is 1. The molecule has 3 aromatic carbocycles. The van der Waals surface area contributed by atoms with Crippen molar-refractivity contribution < 1.29 is 9.53 Å². The quantitative estimate of drug-likeness (QED) is 0.299. The first-order valence-corrected chi connectivity index (χ1v) is 12.6. The van der Waals surface area contributed by atoms with Gasteiger partial charge in [0.1, 0.15) is 11.6 Å². The number of carbonyl (C=O) groups excluding carboxylic acids is 1. The number of aromatic nitrogens is 2. The van der Waals surface area contributed by atoms with E-state index < -0.39 is 0 Å². The first-order valence-electron chi connectivity index (χ1n) is 12.6. The van der Waals surface area contributed by atoms with E-state index in [0.717, 1.165) is 47.4 Å². The summed E-state index contributed by atoms with van der Waals surface area (Å²) >= 11 is 0. The van der Waals surface area contributed by atoms with Gasteiger partial charge in [-0.25, -0.2) is 9.97 Å². The minimum atomic E-state index is 0.0581. The molecule has 4 rings (SSSR count). The lowest BCUT2D eigenvalue weighted by Crippen LogP contribution is -2.36. The maximum atomic E-state index is 12.7. The molecule has 1 atom stereocenters. The van der Waals surface area contributed by atoms with Crippen LogP contribution in [0.25, 0.3) is 22.3 Å². The van der Waals surface area contributed by atoms with Gasteiger partial charge in [-0.3, -0.25) is 4.79 Å². The lowest BCUT2D eigenvalue weighted by Gasteiger charge is -2.26. The first-order chi connectivity index (χ1) is 17.6. The van der Waals surface area contributed by atoms with Crippen LogP contribution in [0.3, 0.4) is 0 Å². The number of nitrogens with zero attached hydrogens (tertiary/aromatic N) is 3. The number of para-hydroxylation sites is 1. The summed E-state index contributed by atoms with van der Waals surface area (Å²) < 4.78 is 5.31. The van der Waals surface area contributed by atoms with Crippen LogP contribution in [0.1, 0.15) is 32.3 Å². The first kappa shape index (κ1) is 25.2. The van der Waals surface area contributed by atoms with Gasteiger partial charge in [0, 0.05) is 36.5 Å². The number of anilines is 1. The Morgan fingerprint density at radius 3 is 2.39 bits per heavy atom. The van der Waals surface area contributed by atoms with Crippen molar-refractivity contribution in [3.05, 3.63) is 84.4 Å². The fourth-order valence-corrected chi connectivity index (χ4v) is 4.09. The van der Waals surface area contributed by atoms with Crippen LogP contribution in [-0.4, -0.2) is 42.1 Å². The number of hydrogen-bond donors (Lipinski definition) is 1. The van der Waals surface area contributed by atoms with Gasteiger partial charge in [0.15, 0.2) is 5.82 Å². The van der Waals surface area contributed by atoms with Crippen molar-refractivity contribution in [3.63, 3.8) is 0 Å². The van der Waals surface area contributed by atoms with Gasteiger partial charge in [-0.1, -0.05) is 49.4 Å². The highest BCUT2D eigenvalue weighted by atomic mass is 16.5. The maximum absolute atomic E-state index is 12.7. The Bertz CT molecular complexity index is 1280. The molecule has 0 unspecified atom stereocenters. The van der Waals surface area contributed by atoms with Crippen molar-refractivity contribution >= 4 is 22.6 Å². The zero-order valence-electron chi connectivity index (χ0n) is 21.3. The molecule has 36 heavy (non-hydrogen) atoms. The lowest BCUT2D eigenvalue weighted by molar-refractivity contribution is -0.121. The van der Waals surface area contributed by atoms with E-state index in [2.05, 4.69) is 47.5 Å². The Balaban J connectivity index is 1.69. The monoisotopic (exact) mass is 482 g/mol. The summed E-state index contributed by atoms with van der Waals surface area (Å²) in [6.07, 6.45) is 2.16. The second-order valence-corrected chi connectivity index (χ2v) is 8.97. The molecule has 4 aromatic rings. The molecule has 1 heterocycles. The third kappa shape index (κ3) is 6.39. The van der Waals surface area contributed by atoms with Gasteiger partial charge < -0.3 is 15.0 Å². The van der Waals surface area contributed by atoms with E-state index >= 15 is 0 Å². The van der Waals surface area contributed by atoms with Gasteiger partial charge in [-0.15, -0.1) is 0 Å². The van der Waals surface area contributed by atoms with Crippen molar-refractivity contribution in [1.82, 2.24) is 15.3 Å². The van der Waals surface area contributed by atoms with E-state index in [-0.39, 0.29) is 11.9 Å². The van der Waals surface area contributed by atoms with Gasteiger partial charge in [0.2, 0.25) is 5.91 Å². The van der Waals surface area contributed by atoms with E-state index in [1.807, 2.05) is 55.5 Å². The molecule has 0 bridgehead atoms. The largest absolute Gasteiger partial charge is 0.497 e. The zero-order valence-corrected chi connectivity index (χ0v) is 21.3. The van der Waals surface area contributed by atoms with E-state index in [4.69, 9.17) is 14.7 Å². The number of fused-ring (bicyclic) bond motifs is 1. The summed E-state index contributed by atoms with van der Waals surface area (Å²) in [4.78, 5) is 24.8. The number of nitrogens with one attached hydrogen (secondary N) is 1. The number of carbonyl (C=O) groups is 1. The van der Waals surface area contributed by atoms with Crippen LogP contribution in [0.4, 0.5) is 5.82 Å². The van der Waals surface area contributed by atoms with Crippen LogP contribution in [0.2, 0.25) is 0 Å². The molecule has 6 nitrogen and oxygen atoms in total. The standard InChI is InChI=1S/C30H34N4O2/c1-4-22(2)31-28(35)19-21-34(20-18-23-10-6-5-7-11-23)30-26-12-8-9-13-27(26)32-29(33-30)24-14-16-25(36-3)17-15-24/h5-17,22H,4,18-21H2,1-3H3,(H,31,35)/t22-/m1/s1. The molecule has 0 saturated carbocycles. The van der Waals surface area contributed by atoms with Gasteiger partial charge in [0.05, 0.1) is 12.6 Å². The molecule has 0 fully saturated rings. The van der Waals surface area contributed by atoms with Gasteiger partial charge in [-0.05, 0) is 61.7 Å². The molecule has 1 N–H and O–H groups in total. The van der Waals surface area contributed by atoms with Crippen molar-refractivity contribution in [2.24, 2.45) is 0 Å². The highest BCUT2D eigenvalue weighted by Gasteiger charge is 2.17. The molecule has 0 aliphatic heterocycles. The minimum Gasteiger partial charge on any atom is -0.497 e. The van der Waals surface area contributed by atoms with Gasteiger partial charge in [0.25, 0.3) is 0 Å². The van der Waals surface area contributed by atoms with Crippen molar-refractivity contribution in [2.75, 3.05) is 25.1 Å². The Kier molecular flexibility index (Phi) is 8.50. The summed E-state index contributed by atoms with van der Waals surface area (Å²) in [5.74, 6) is 2.35. The molecule has 0 aliphatic carbocycles. The summed E-state index contributed by atoms with van der Waals surface area (Å²) in [5, 5.41) is 4.06. The Labute approximate surface area is 213 Å². The van der Waals surface area contributed by atoms with Crippen LogP contribution in [0.5, 0.6) is 5.75 Å². The zero-order chi connectivity index (χ0) is 25.3. The minimum absolute atomic E-state index is 0.0581. The molecule has 186 valence electrons. The van der Waals surface area contributed by atoms with E-state index in [1.54, 1.807) is 7.11 Å². The molecule has 0 spiro atoms. The van der Waals surface area contributed by atoms with Crippen LogP contribution < -0.4 is 15.0 Å². The molecule has 1 amide bonds. The summed E-state index contributed by atoms with van der Waals surface area (Å²) in [6, 6.07) is 26.4. The number of rotatable bonds is 11. The van der Waals surface area contributed by atoms with E-state index in [9.17, 15) is 4.79 Å². The molecule has 6 heteroatoms. The van der Waals surface area contributed by atoms with Gasteiger partial charge >= 0.3 is 0 Å². The fourth-order valence-electron chi connectivity index (χ4n) is 4.09. The number of benzene rings is 3. The highest BCUT2D eigenvalue weighted by Crippen LogP contribution is 2.29. The second kappa shape index (κ2) is 12.2. The van der Waals surface area contributed by atoms with E-state index in [0.29, 0.717) is 18.8 Å². The predicted molar refractivity (Wildman–Crippen MR) is 146 cm³/mol. The van der Waals surface area contributed by atoms with Gasteiger partial charge in [-0.2, -0.15) is 0 Å². The van der Waals surface area contributed by atoms with Crippen molar-refractivity contribution in [3.8, 4) is 17.1 Å². The third-order valence-corrected chi connectivity index (χ3v) is 6.37. The maximum Gasteiger partial charge on any atom is 0.221 e. The van der Waals surface area contributed by atoms with Crippen LogP contribution in [0, 0.1) is 0 Å². The molecular formula is C30H34N4O2. The average molecular weight is 483 g/mol. The topological polar surface area (TPSA) is 67.4 Å². The third-order valence-electron chi connectivity index (χ3n) is 6.37. The highest BCUT2D eigenvalue weighted by molar-refractivity contribution is 5.91. The molecular weight excluding hydrogens is 448 g/mol. The van der Waals surface area contributed by atoms with E-state index in [1.165, 1.54) is 5.56 Å². The number of hydrogen-bond acceptors (Lipinski definition) is 5. The predicted octanol–water partition coefficient (Wildman–Crippen LogP) is 5.66. The van der Waals surface area contributed by atoms with Crippen molar-refractivity contribution in [1.29, 1.82) is 0 Å². The van der Waals surface area contributed by atoms with Crippen molar-refractivity contribution in [2.45, 2.75) is 39.2 Å². The molecule has 0 saturated heterocycles. The fraction of sp³-hybridized carbons (Fsp3) is 0.300. The summed E-state index contributed by atoms with van der Waals surface area (Å²) in [7, 11) is 1.65. The van der Waals surface area contributed by atoms with Crippen LogP contribution in [0.15, 0.2) is 78.9 Å². The smallest absolute Gasteiger partial charge is 0.221 e.